The van der Waals surface area contributed by atoms with Crippen LogP contribution in [0.2, 0.25) is 0 Å². The van der Waals surface area contributed by atoms with Gasteiger partial charge in [-0.2, -0.15) is 4.31 Å². The number of rotatable bonds is 4. The molecule has 2 aliphatic rings. The smallest absolute Gasteiger partial charge is 0.243 e. The van der Waals surface area contributed by atoms with Crippen LogP contribution in [0.1, 0.15) is 11.4 Å². The van der Waals surface area contributed by atoms with Crippen molar-refractivity contribution in [3.63, 3.8) is 0 Å². The van der Waals surface area contributed by atoms with E-state index in [1.807, 2.05) is 32.0 Å². The van der Waals surface area contributed by atoms with Gasteiger partial charge in [0.05, 0.1) is 4.90 Å². The first kappa shape index (κ1) is 21.0. The fourth-order valence-electron chi connectivity index (χ4n) is 3.91. The zero-order valence-corrected chi connectivity index (χ0v) is 18.8. The lowest BCUT2D eigenvalue weighted by atomic mass is 10.2. The second kappa shape index (κ2) is 8.49. The number of aromatic nitrogens is 2. The fraction of sp³-hybridized carbons (Fsp3) is 0.524. The molecule has 0 unspecified atom stereocenters. The van der Waals surface area contributed by atoms with Gasteiger partial charge in [0.15, 0.2) is 0 Å². The van der Waals surface area contributed by atoms with Crippen molar-refractivity contribution in [3.05, 3.63) is 41.7 Å². The molecule has 2 saturated heterocycles. The molecule has 0 atom stereocenters. The van der Waals surface area contributed by atoms with Gasteiger partial charge in [-0.25, -0.2) is 18.4 Å². The topological polar surface area (TPSA) is 72.9 Å². The third kappa shape index (κ3) is 4.43. The Morgan fingerprint density at radius 2 is 1.27 bits per heavy atom. The van der Waals surface area contributed by atoms with Crippen molar-refractivity contribution in [1.82, 2.24) is 19.2 Å². The van der Waals surface area contributed by atoms with Crippen molar-refractivity contribution in [3.8, 4) is 0 Å². The minimum atomic E-state index is -3.46. The summed E-state index contributed by atoms with van der Waals surface area (Å²) in [4.78, 5) is 16.4. The number of hydrogen-bond acceptors (Lipinski definition) is 7. The summed E-state index contributed by atoms with van der Waals surface area (Å²) in [6.07, 6.45) is 0. The van der Waals surface area contributed by atoms with Crippen LogP contribution in [0.4, 0.5) is 11.6 Å². The number of likely N-dealkylation sites (N-methyl/N-ethyl adjacent to an activating group) is 1. The number of benzene rings is 1. The van der Waals surface area contributed by atoms with Gasteiger partial charge in [-0.3, -0.25) is 0 Å². The molecule has 0 saturated carbocycles. The average molecular weight is 431 g/mol. The van der Waals surface area contributed by atoms with Crippen molar-refractivity contribution in [1.29, 1.82) is 0 Å². The molecule has 2 aromatic rings. The van der Waals surface area contributed by atoms with Crippen LogP contribution in [0.15, 0.2) is 35.2 Å². The Hall–Kier alpha value is -2.23. The molecule has 30 heavy (non-hydrogen) atoms. The molecule has 0 amide bonds. The van der Waals surface area contributed by atoms with E-state index in [0.717, 1.165) is 49.2 Å². The van der Waals surface area contributed by atoms with Crippen LogP contribution in [0.5, 0.6) is 0 Å². The van der Waals surface area contributed by atoms with Crippen molar-refractivity contribution >= 4 is 21.7 Å². The van der Waals surface area contributed by atoms with E-state index < -0.39 is 10.0 Å². The van der Waals surface area contributed by atoms with Gasteiger partial charge in [-0.1, -0.05) is 17.7 Å². The standard InChI is InChI=1S/C21H30N6O2S/c1-17-4-6-19(7-5-17)30(28,29)27-14-12-26(13-15-27)21-16-20(22-18(2)23-21)25-10-8-24(3)9-11-25/h4-7,16H,8-15H2,1-3H3. The third-order valence-corrected chi connectivity index (χ3v) is 7.77. The molecule has 1 aromatic carbocycles. The molecule has 3 heterocycles. The SMILES string of the molecule is Cc1ccc(S(=O)(=O)N2CCN(c3cc(N4CCN(C)CC4)nc(C)n3)CC2)cc1. The Morgan fingerprint density at radius 1 is 0.767 bits per heavy atom. The van der Waals surface area contributed by atoms with E-state index in [2.05, 4.69) is 31.7 Å². The summed E-state index contributed by atoms with van der Waals surface area (Å²) in [5, 5.41) is 0. The highest BCUT2D eigenvalue weighted by molar-refractivity contribution is 7.89. The molecule has 0 N–H and O–H groups in total. The highest BCUT2D eigenvalue weighted by Gasteiger charge is 2.29. The molecule has 1 aromatic heterocycles. The summed E-state index contributed by atoms with van der Waals surface area (Å²) >= 11 is 0. The number of sulfonamides is 1. The number of anilines is 2. The Balaban J connectivity index is 1.46. The first-order chi connectivity index (χ1) is 14.3. The first-order valence-electron chi connectivity index (χ1n) is 10.4. The van der Waals surface area contributed by atoms with E-state index in [4.69, 9.17) is 0 Å². The van der Waals surface area contributed by atoms with Crippen molar-refractivity contribution in [2.45, 2.75) is 18.7 Å². The number of piperazine rings is 2. The highest BCUT2D eigenvalue weighted by Crippen LogP contribution is 2.23. The maximum Gasteiger partial charge on any atom is 0.243 e. The van der Waals surface area contributed by atoms with Crippen LogP contribution in [0.3, 0.4) is 0 Å². The number of nitrogens with zero attached hydrogens (tertiary/aromatic N) is 6. The van der Waals surface area contributed by atoms with Crippen LogP contribution < -0.4 is 9.80 Å². The van der Waals surface area contributed by atoms with Gasteiger partial charge in [-0.15, -0.1) is 0 Å². The normalized spacial score (nSPS) is 19.3. The van der Waals surface area contributed by atoms with Gasteiger partial charge in [0.25, 0.3) is 0 Å². The lowest BCUT2D eigenvalue weighted by Crippen LogP contribution is -2.49. The maximum absolute atomic E-state index is 13.0. The average Bonchev–Trinajstić information content (AvgIpc) is 2.74. The molecule has 0 bridgehead atoms. The highest BCUT2D eigenvalue weighted by atomic mass is 32.2. The van der Waals surface area contributed by atoms with Gasteiger partial charge in [0, 0.05) is 58.4 Å². The minimum Gasteiger partial charge on any atom is -0.354 e. The molecular formula is C21H30N6O2S. The van der Waals surface area contributed by atoms with Crippen LogP contribution in [0, 0.1) is 13.8 Å². The van der Waals surface area contributed by atoms with Crippen molar-refractivity contribution in [2.24, 2.45) is 0 Å². The van der Waals surface area contributed by atoms with Crippen LogP contribution in [-0.2, 0) is 10.0 Å². The Bertz CT molecular complexity index is 979. The molecule has 4 rings (SSSR count). The summed E-state index contributed by atoms with van der Waals surface area (Å²) in [7, 11) is -1.33. The van der Waals surface area contributed by atoms with Crippen LogP contribution in [-0.4, -0.2) is 87.0 Å². The lowest BCUT2D eigenvalue weighted by Gasteiger charge is -2.36. The predicted molar refractivity (Wildman–Crippen MR) is 119 cm³/mol. The monoisotopic (exact) mass is 430 g/mol. The zero-order chi connectivity index (χ0) is 21.3. The van der Waals surface area contributed by atoms with Gasteiger partial charge < -0.3 is 14.7 Å². The molecule has 0 radical (unpaired) electrons. The molecule has 2 aliphatic heterocycles. The molecule has 0 aliphatic carbocycles. The summed E-state index contributed by atoms with van der Waals surface area (Å²) in [6, 6.07) is 9.10. The Kier molecular flexibility index (Phi) is 5.95. The minimum absolute atomic E-state index is 0.358. The summed E-state index contributed by atoms with van der Waals surface area (Å²) in [5.74, 6) is 2.58. The van der Waals surface area contributed by atoms with Gasteiger partial charge in [0.2, 0.25) is 10.0 Å². The van der Waals surface area contributed by atoms with Crippen molar-refractivity contribution in [2.75, 3.05) is 69.2 Å². The second-order valence-electron chi connectivity index (χ2n) is 8.13. The second-order valence-corrected chi connectivity index (χ2v) is 10.1. The maximum atomic E-state index is 13.0. The van der Waals surface area contributed by atoms with Gasteiger partial charge in [0.1, 0.15) is 17.5 Å². The van der Waals surface area contributed by atoms with Crippen LogP contribution >= 0.6 is 0 Å². The molecule has 9 heteroatoms. The van der Waals surface area contributed by atoms with E-state index in [1.165, 1.54) is 0 Å². The molecule has 162 valence electrons. The van der Waals surface area contributed by atoms with E-state index in [0.29, 0.717) is 31.1 Å². The Morgan fingerprint density at radius 3 is 1.80 bits per heavy atom. The van der Waals surface area contributed by atoms with E-state index in [-0.39, 0.29) is 0 Å². The molecular weight excluding hydrogens is 400 g/mol. The fourth-order valence-corrected chi connectivity index (χ4v) is 5.34. The zero-order valence-electron chi connectivity index (χ0n) is 18.0. The Labute approximate surface area is 179 Å². The molecule has 8 nitrogen and oxygen atoms in total. The van der Waals surface area contributed by atoms with E-state index in [1.54, 1.807) is 16.4 Å². The number of hydrogen-bond donors (Lipinski definition) is 0. The van der Waals surface area contributed by atoms with E-state index in [9.17, 15) is 8.42 Å². The number of aryl methyl sites for hydroxylation is 2. The summed E-state index contributed by atoms with van der Waals surface area (Å²) in [5.41, 5.74) is 1.05. The quantitative estimate of drug-likeness (QED) is 0.725. The summed E-state index contributed by atoms with van der Waals surface area (Å²) < 4.78 is 27.5. The first-order valence-corrected chi connectivity index (χ1v) is 11.9. The van der Waals surface area contributed by atoms with Crippen LogP contribution in [0.25, 0.3) is 0 Å². The van der Waals surface area contributed by atoms with Crippen molar-refractivity contribution < 1.29 is 8.42 Å². The van der Waals surface area contributed by atoms with Gasteiger partial charge >= 0.3 is 0 Å². The molecule has 2 fully saturated rings. The summed E-state index contributed by atoms with van der Waals surface area (Å²) in [6.45, 7) is 9.95. The predicted octanol–water partition coefficient (Wildman–Crippen LogP) is 1.36. The third-order valence-electron chi connectivity index (χ3n) is 5.86. The molecule has 0 spiro atoms. The van der Waals surface area contributed by atoms with E-state index >= 15 is 0 Å². The largest absolute Gasteiger partial charge is 0.354 e. The van der Waals surface area contributed by atoms with Gasteiger partial charge in [-0.05, 0) is 33.0 Å². The lowest BCUT2D eigenvalue weighted by molar-refractivity contribution is 0.312.